The van der Waals surface area contributed by atoms with E-state index in [1.165, 1.54) is 18.3 Å². The summed E-state index contributed by atoms with van der Waals surface area (Å²) >= 11 is 0. The first kappa shape index (κ1) is 30.7. The van der Waals surface area contributed by atoms with Crippen LogP contribution in [-0.2, 0) is 30.4 Å². The van der Waals surface area contributed by atoms with Crippen molar-refractivity contribution < 1.29 is 35.9 Å². The lowest BCUT2D eigenvalue weighted by molar-refractivity contribution is -0.142. The van der Waals surface area contributed by atoms with Crippen molar-refractivity contribution in [1.82, 2.24) is 14.8 Å². The van der Waals surface area contributed by atoms with E-state index in [4.69, 9.17) is 5.73 Å². The molecule has 4 aromatic rings. The highest BCUT2D eigenvalue weighted by Crippen LogP contribution is 2.40. The van der Waals surface area contributed by atoms with E-state index < -0.39 is 53.5 Å². The molecule has 0 spiro atoms. The molecule has 0 fully saturated rings. The zero-order chi connectivity index (χ0) is 31.8. The van der Waals surface area contributed by atoms with Crippen molar-refractivity contribution in [3.8, 4) is 11.1 Å². The van der Waals surface area contributed by atoms with Gasteiger partial charge < -0.3 is 5.73 Å². The zero-order valence-electron chi connectivity index (χ0n) is 23.2. The van der Waals surface area contributed by atoms with E-state index in [-0.39, 0.29) is 41.6 Å². The molecule has 2 aromatic heterocycles. The van der Waals surface area contributed by atoms with Crippen molar-refractivity contribution in [3.63, 3.8) is 0 Å². The molecule has 0 aliphatic heterocycles. The van der Waals surface area contributed by atoms with Crippen LogP contribution in [0.3, 0.4) is 0 Å². The highest BCUT2D eigenvalue weighted by Gasteiger charge is 2.41. The Labute approximate surface area is 248 Å². The van der Waals surface area contributed by atoms with Gasteiger partial charge in [0.1, 0.15) is 17.5 Å². The Morgan fingerprint density at radius 2 is 1.75 bits per heavy atom. The number of nitrogens with zero attached hydrogens (tertiary/aromatic N) is 3. The number of fused-ring (bicyclic) bond motifs is 1. The predicted octanol–water partition coefficient (Wildman–Crippen LogP) is 6.82. The summed E-state index contributed by atoms with van der Waals surface area (Å²) in [6.07, 6.45) is -2.45. The van der Waals surface area contributed by atoms with Crippen molar-refractivity contribution in [2.75, 3.05) is 0 Å². The molecule has 2 aromatic carbocycles. The third kappa shape index (κ3) is 6.43. The maximum absolute atomic E-state index is 14.2. The van der Waals surface area contributed by atoms with Crippen LogP contribution in [0.15, 0.2) is 61.3 Å². The number of carbonyl (C=O) groups excluding carboxylic acids is 2. The molecule has 2 heterocycles. The fourth-order valence-electron chi connectivity index (χ4n) is 5.70. The monoisotopic (exact) mass is 612 g/mol. The largest absolute Gasteiger partial charge is 0.435 e. The molecular weight excluding hydrogens is 586 g/mol. The summed E-state index contributed by atoms with van der Waals surface area (Å²) in [4.78, 5) is 29.8. The molecular formula is C32H26F6N4O2. The van der Waals surface area contributed by atoms with Gasteiger partial charge in [-0.05, 0) is 72.7 Å². The van der Waals surface area contributed by atoms with Gasteiger partial charge in [0.15, 0.2) is 11.5 Å². The number of ketones is 1. The van der Waals surface area contributed by atoms with E-state index in [9.17, 15) is 35.9 Å². The minimum absolute atomic E-state index is 0.0733. The maximum atomic E-state index is 14.2. The van der Waals surface area contributed by atoms with Crippen molar-refractivity contribution in [2.24, 2.45) is 5.73 Å². The Morgan fingerprint density at radius 3 is 2.43 bits per heavy atom. The number of hydrogen-bond acceptors (Lipinski definition) is 4. The third-order valence-corrected chi connectivity index (χ3v) is 7.54. The minimum atomic E-state index is -4.75. The number of aromatic nitrogens is 3. The molecule has 6 nitrogen and oxygen atoms in total. The summed E-state index contributed by atoms with van der Waals surface area (Å²) < 4.78 is 85.0. The summed E-state index contributed by atoms with van der Waals surface area (Å²) in [6, 6.07) is 9.80. The number of pyridine rings is 1. The van der Waals surface area contributed by atoms with E-state index in [0.29, 0.717) is 41.3 Å². The highest BCUT2D eigenvalue weighted by atomic mass is 19.4. The maximum Gasteiger partial charge on any atom is 0.435 e. The van der Waals surface area contributed by atoms with Gasteiger partial charge in [-0.3, -0.25) is 19.3 Å². The number of primary amides is 1. The third-order valence-electron chi connectivity index (χ3n) is 7.54. The molecule has 0 unspecified atom stereocenters. The van der Waals surface area contributed by atoms with Crippen molar-refractivity contribution >= 4 is 17.3 Å². The molecule has 12 heteroatoms. The first-order valence-corrected chi connectivity index (χ1v) is 13.7. The van der Waals surface area contributed by atoms with Gasteiger partial charge in [-0.2, -0.15) is 18.3 Å². The molecule has 1 atom stereocenters. The summed E-state index contributed by atoms with van der Waals surface area (Å²) in [7, 11) is 0. The molecule has 1 aliphatic rings. The van der Waals surface area contributed by atoms with Gasteiger partial charge in [0.25, 0.3) is 5.91 Å². The molecule has 0 saturated carbocycles. The molecule has 0 radical (unpaired) electrons. The number of halogens is 6. The van der Waals surface area contributed by atoms with E-state index in [1.54, 1.807) is 12.1 Å². The molecule has 0 saturated heterocycles. The van der Waals surface area contributed by atoms with Gasteiger partial charge in [-0.15, -0.1) is 0 Å². The normalized spacial score (nSPS) is 13.9. The van der Waals surface area contributed by atoms with Gasteiger partial charge in [0, 0.05) is 41.4 Å². The van der Waals surface area contributed by atoms with Crippen LogP contribution in [-0.4, -0.2) is 26.5 Å². The summed E-state index contributed by atoms with van der Waals surface area (Å²) in [5, 5.41) is 3.76. The lowest BCUT2D eigenvalue weighted by Crippen LogP contribution is -2.20. The van der Waals surface area contributed by atoms with Gasteiger partial charge >= 0.3 is 6.18 Å². The van der Waals surface area contributed by atoms with Crippen molar-refractivity contribution in [1.29, 1.82) is 0 Å². The van der Waals surface area contributed by atoms with Crippen LogP contribution in [0.5, 0.6) is 0 Å². The minimum Gasteiger partial charge on any atom is -0.366 e. The van der Waals surface area contributed by atoms with Gasteiger partial charge in [-0.1, -0.05) is 18.7 Å². The van der Waals surface area contributed by atoms with E-state index in [2.05, 4.69) is 16.7 Å². The van der Waals surface area contributed by atoms with Crippen LogP contribution in [0.1, 0.15) is 63.7 Å². The summed E-state index contributed by atoms with van der Waals surface area (Å²) in [5.41, 5.74) is 5.59. The van der Waals surface area contributed by atoms with Gasteiger partial charge in [-0.25, -0.2) is 13.2 Å². The van der Waals surface area contributed by atoms with Crippen LogP contribution in [0.4, 0.5) is 26.3 Å². The number of carbonyl (C=O) groups is 2. The van der Waals surface area contributed by atoms with Crippen LogP contribution < -0.4 is 5.73 Å². The number of allylic oxidation sites excluding steroid dienone is 1. The first-order valence-electron chi connectivity index (χ1n) is 13.7. The summed E-state index contributed by atoms with van der Waals surface area (Å²) in [5.74, 6) is -4.84. The molecule has 1 aliphatic carbocycles. The summed E-state index contributed by atoms with van der Waals surface area (Å²) in [6.45, 7) is 3.29. The average molecular weight is 613 g/mol. The number of benzene rings is 2. The Bertz CT molecular complexity index is 1760. The number of rotatable bonds is 9. The number of alkyl halides is 3. The SMILES string of the molecule is C=C1CCCc2c1c(C(F)(F)F)nn2CC(=O)C[C@@H](Cc1cc(F)cc(F)c1)c1ncccc1-c1ccc(F)c(C(N)=O)c1. The van der Waals surface area contributed by atoms with Crippen molar-refractivity contribution in [3.05, 3.63) is 113 Å². The van der Waals surface area contributed by atoms with Crippen molar-refractivity contribution in [2.45, 2.75) is 50.7 Å². The Kier molecular flexibility index (Phi) is 8.44. The average Bonchev–Trinajstić information content (AvgIpc) is 3.32. The van der Waals surface area contributed by atoms with E-state index >= 15 is 0 Å². The number of nitrogens with two attached hydrogens (primary N) is 1. The zero-order valence-corrected chi connectivity index (χ0v) is 23.2. The smallest absolute Gasteiger partial charge is 0.366 e. The number of hydrogen-bond donors (Lipinski definition) is 1. The van der Waals surface area contributed by atoms with Crippen LogP contribution >= 0.6 is 0 Å². The fraction of sp³-hybridized carbons (Fsp3) is 0.250. The Balaban J connectivity index is 1.54. The van der Waals surface area contributed by atoms with Crippen LogP contribution in [0.25, 0.3) is 16.7 Å². The second-order valence-corrected chi connectivity index (χ2v) is 10.7. The first-order chi connectivity index (χ1) is 20.8. The fourth-order valence-corrected chi connectivity index (χ4v) is 5.70. The standard InChI is InChI=1S/C32H26F6N4O2/c1-17-4-2-6-27-28(17)30(32(36,37)38)41-42(27)16-23(43)13-20(10-18-11-21(33)15-22(34)12-18)29-24(5-3-9-40-29)19-7-8-26(35)25(14-19)31(39)44/h3,5,7-9,11-12,14-15,20H,1-2,4,6,10,13,16H2,(H2,39,44)/t20-/m1/s1. The van der Waals surface area contributed by atoms with Crippen LogP contribution in [0, 0.1) is 17.5 Å². The highest BCUT2D eigenvalue weighted by molar-refractivity contribution is 5.94. The lowest BCUT2D eigenvalue weighted by Gasteiger charge is -2.21. The Hall–Kier alpha value is -4.74. The lowest BCUT2D eigenvalue weighted by atomic mass is 9.86. The van der Waals surface area contributed by atoms with Gasteiger partial charge in [0.2, 0.25) is 0 Å². The van der Waals surface area contributed by atoms with Gasteiger partial charge in [0.05, 0.1) is 17.8 Å². The predicted molar refractivity (Wildman–Crippen MR) is 150 cm³/mol. The molecule has 0 bridgehead atoms. The van der Waals surface area contributed by atoms with Crippen LogP contribution in [0.2, 0.25) is 0 Å². The Morgan fingerprint density at radius 1 is 1.02 bits per heavy atom. The van der Waals surface area contributed by atoms with E-state index in [1.807, 2.05) is 0 Å². The molecule has 44 heavy (non-hydrogen) atoms. The number of amides is 1. The number of Topliss-reactive ketones (excluding diaryl/α,β-unsaturated/α-hetero) is 1. The quantitative estimate of drug-likeness (QED) is 0.210. The molecule has 2 N–H and O–H groups in total. The molecule has 228 valence electrons. The topological polar surface area (TPSA) is 90.9 Å². The molecule has 1 amide bonds. The van der Waals surface area contributed by atoms with E-state index in [0.717, 1.165) is 22.9 Å². The molecule has 5 rings (SSSR count). The second kappa shape index (κ2) is 12.1. The second-order valence-electron chi connectivity index (χ2n) is 10.7.